The average Bonchev–Trinajstić information content (AvgIpc) is 2.72. The number of aliphatic hydroxyl groups excluding tert-OH is 1. The maximum absolute atomic E-state index is 10.4. The zero-order chi connectivity index (χ0) is 19.6. The van der Waals surface area contributed by atoms with Crippen LogP contribution in [0.4, 0.5) is 0 Å². The molecule has 2 aliphatic rings. The lowest BCUT2D eigenvalue weighted by molar-refractivity contribution is -0.210. The van der Waals surface area contributed by atoms with Gasteiger partial charge in [-0.2, -0.15) is 0 Å². The highest BCUT2D eigenvalue weighted by molar-refractivity contribution is 5.67. The molecular formula is C24H32N2O2. The first-order chi connectivity index (χ1) is 13.6. The van der Waals surface area contributed by atoms with Crippen LogP contribution >= 0.6 is 0 Å². The van der Waals surface area contributed by atoms with Crippen molar-refractivity contribution in [2.24, 2.45) is 11.1 Å². The molecule has 4 nitrogen and oxygen atoms in total. The Hall–Kier alpha value is -1.72. The van der Waals surface area contributed by atoms with E-state index in [1.54, 1.807) is 0 Å². The Morgan fingerprint density at radius 2 is 1.82 bits per heavy atom. The molecule has 0 bridgehead atoms. The fourth-order valence-electron chi connectivity index (χ4n) is 4.90. The molecule has 28 heavy (non-hydrogen) atoms. The quantitative estimate of drug-likeness (QED) is 0.807. The van der Waals surface area contributed by atoms with Gasteiger partial charge in [0, 0.05) is 24.9 Å². The number of aryl methyl sites for hydroxylation is 1. The molecule has 0 aromatic heterocycles. The summed E-state index contributed by atoms with van der Waals surface area (Å²) in [4.78, 5) is 2.50. The molecule has 1 saturated heterocycles. The Balaban J connectivity index is 1.34. The Labute approximate surface area is 168 Å². The van der Waals surface area contributed by atoms with Crippen molar-refractivity contribution >= 4 is 0 Å². The highest BCUT2D eigenvalue weighted by Crippen LogP contribution is 2.51. The number of hydrogen-bond acceptors (Lipinski definition) is 4. The SMILES string of the molecule is Cc1ccccc1-c1ccc(CN2CCC3(CC2)C(O)CC3OCCN)cc1. The third-order valence-electron chi connectivity index (χ3n) is 6.78. The molecule has 2 fully saturated rings. The summed E-state index contributed by atoms with van der Waals surface area (Å²) in [6.07, 6.45) is 2.74. The van der Waals surface area contributed by atoms with Gasteiger partial charge in [0.1, 0.15) is 0 Å². The molecule has 4 rings (SSSR count). The third kappa shape index (κ3) is 3.74. The maximum atomic E-state index is 10.4. The monoisotopic (exact) mass is 380 g/mol. The van der Waals surface area contributed by atoms with E-state index in [1.807, 2.05) is 0 Å². The first-order valence-corrected chi connectivity index (χ1v) is 10.5. The minimum absolute atomic E-state index is 0.0413. The number of ether oxygens (including phenoxy) is 1. The first kappa shape index (κ1) is 19.6. The molecule has 1 heterocycles. The summed E-state index contributed by atoms with van der Waals surface area (Å²) in [5, 5.41) is 10.4. The van der Waals surface area contributed by atoms with Crippen LogP contribution in [0.2, 0.25) is 0 Å². The van der Waals surface area contributed by atoms with Gasteiger partial charge in [-0.1, -0.05) is 48.5 Å². The van der Waals surface area contributed by atoms with Crippen LogP contribution in [0.15, 0.2) is 48.5 Å². The van der Waals surface area contributed by atoms with Gasteiger partial charge in [-0.15, -0.1) is 0 Å². The Morgan fingerprint density at radius 3 is 2.46 bits per heavy atom. The number of nitrogens with zero attached hydrogens (tertiary/aromatic N) is 1. The highest BCUT2D eigenvalue weighted by atomic mass is 16.5. The lowest BCUT2D eigenvalue weighted by Crippen LogP contribution is -2.62. The molecule has 1 aliphatic carbocycles. The molecule has 2 aromatic carbocycles. The average molecular weight is 381 g/mol. The standard InChI is InChI=1S/C24H32N2O2/c1-18-4-2-3-5-21(18)20-8-6-19(7-9-20)17-26-13-10-24(11-14-26)22(27)16-23(24)28-15-12-25/h2-9,22-23,27H,10-17,25H2,1H3. The summed E-state index contributed by atoms with van der Waals surface area (Å²) < 4.78 is 5.91. The van der Waals surface area contributed by atoms with Gasteiger partial charge in [-0.05, 0) is 55.1 Å². The van der Waals surface area contributed by atoms with Gasteiger partial charge in [0.2, 0.25) is 0 Å². The van der Waals surface area contributed by atoms with E-state index in [1.165, 1.54) is 22.3 Å². The number of aliphatic hydroxyl groups is 1. The normalized spacial score (nSPS) is 24.2. The Bertz CT molecular complexity index is 781. The van der Waals surface area contributed by atoms with Crippen LogP contribution in [0, 0.1) is 12.3 Å². The van der Waals surface area contributed by atoms with E-state index >= 15 is 0 Å². The van der Waals surface area contributed by atoms with E-state index in [0.717, 1.165) is 38.9 Å². The first-order valence-electron chi connectivity index (χ1n) is 10.5. The van der Waals surface area contributed by atoms with Crippen LogP contribution in [-0.4, -0.2) is 48.5 Å². The second kappa shape index (κ2) is 8.34. The number of likely N-dealkylation sites (tertiary alicyclic amines) is 1. The molecule has 1 aliphatic heterocycles. The second-order valence-electron chi connectivity index (χ2n) is 8.42. The van der Waals surface area contributed by atoms with Crippen molar-refractivity contribution in [3.63, 3.8) is 0 Å². The van der Waals surface area contributed by atoms with Crippen molar-refractivity contribution in [2.75, 3.05) is 26.2 Å². The third-order valence-corrected chi connectivity index (χ3v) is 6.78. The molecule has 3 N–H and O–H groups in total. The zero-order valence-electron chi connectivity index (χ0n) is 16.8. The summed E-state index contributed by atoms with van der Waals surface area (Å²) in [5.74, 6) is 0. The topological polar surface area (TPSA) is 58.7 Å². The fraction of sp³-hybridized carbons (Fsp3) is 0.500. The minimum atomic E-state index is -0.217. The van der Waals surface area contributed by atoms with Gasteiger partial charge >= 0.3 is 0 Å². The predicted octanol–water partition coefficient (Wildman–Crippen LogP) is 3.35. The Morgan fingerprint density at radius 1 is 1.11 bits per heavy atom. The van der Waals surface area contributed by atoms with Crippen LogP contribution in [0.1, 0.15) is 30.4 Å². The van der Waals surface area contributed by atoms with E-state index in [-0.39, 0.29) is 17.6 Å². The largest absolute Gasteiger partial charge is 0.392 e. The van der Waals surface area contributed by atoms with Crippen molar-refractivity contribution < 1.29 is 9.84 Å². The summed E-state index contributed by atoms with van der Waals surface area (Å²) in [7, 11) is 0. The van der Waals surface area contributed by atoms with E-state index < -0.39 is 0 Å². The molecule has 150 valence electrons. The molecule has 2 aromatic rings. The molecule has 0 radical (unpaired) electrons. The van der Waals surface area contributed by atoms with Gasteiger partial charge in [-0.25, -0.2) is 0 Å². The zero-order valence-corrected chi connectivity index (χ0v) is 16.8. The van der Waals surface area contributed by atoms with Crippen molar-refractivity contribution in [3.8, 4) is 11.1 Å². The van der Waals surface area contributed by atoms with Crippen molar-refractivity contribution in [2.45, 2.75) is 44.9 Å². The molecular weight excluding hydrogens is 348 g/mol. The van der Waals surface area contributed by atoms with Gasteiger partial charge in [0.15, 0.2) is 0 Å². The highest BCUT2D eigenvalue weighted by Gasteiger charge is 2.55. The summed E-state index contributed by atoms with van der Waals surface area (Å²) >= 11 is 0. The van der Waals surface area contributed by atoms with Crippen molar-refractivity contribution in [1.29, 1.82) is 0 Å². The maximum Gasteiger partial charge on any atom is 0.0682 e. The lowest BCUT2D eigenvalue weighted by Gasteiger charge is -2.56. The Kier molecular flexibility index (Phi) is 5.83. The lowest BCUT2D eigenvalue weighted by atomic mass is 9.58. The summed E-state index contributed by atoms with van der Waals surface area (Å²) in [6, 6.07) is 17.5. The van der Waals surface area contributed by atoms with Gasteiger partial charge in [-0.3, -0.25) is 4.90 Å². The van der Waals surface area contributed by atoms with E-state index in [4.69, 9.17) is 10.5 Å². The van der Waals surface area contributed by atoms with Crippen LogP contribution in [0.5, 0.6) is 0 Å². The number of hydrogen-bond donors (Lipinski definition) is 2. The summed E-state index contributed by atoms with van der Waals surface area (Å²) in [5.41, 5.74) is 10.8. The molecule has 2 unspecified atom stereocenters. The van der Waals surface area contributed by atoms with Gasteiger partial charge in [0.05, 0.1) is 18.8 Å². The van der Waals surface area contributed by atoms with Crippen molar-refractivity contribution in [3.05, 3.63) is 59.7 Å². The number of piperidine rings is 1. The fourth-order valence-corrected chi connectivity index (χ4v) is 4.90. The van der Waals surface area contributed by atoms with E-state index in [9.17, 15) is 5.11 Å². The van der Waals surface area contributed by atoms with Crippen LogP contribution < -0.4 is 5.73 Å². The van der Waals surface area contributed by atoms with Crippen LogP contribution in [0.25, 0.3) is 11.1 Å². The smallest absolute Gasteiger partial charge is 0.0682 e. The minimum Gasteiger partial charge on any atom is -0.392 e. The number of benzene rings is 2. The van der Waals surface area contributed by atoms with E-state index in [0.29, 0.717) is 13.2 Å². The molecule has 2 atom stereocenters. The molecule has 1 spiro atoms. The van der Waals surface area contributed by atoms with Crippen molar-refractivity contribution in [1.82, 2.24) is 4.90 Å². The molecule has 4 heteroatoms. The molecule has 0 amide bonds. The van der Waals surface area contributed by atoms with Gasteiger partial charge < -0.3 is 15.6 Å². The van der Waals surface area contributed by atoms with Gasteiger partial charge in [0.25, 0.3) is 0 Å². The van der Waals surface area contributed by atoms with Crippen LogP contribution in [-0.2, 0) is 11.3 Å². The second-order valence-corrected chi connectivity index (χ2v) is 8.42. The molecule has 1 saturated carbocycles. The van der Waals surface area contributed by atoms with E-state index in [2.05, 4.69) is 60.4 Å². The number of rotatable bonds is 6. The number of nitrogens with two attached hydrogens (primary N) is 1. The predicted molar refractivity (Wildman–Crippen MR) is 113 cm³/mol. The van der Waals surface area contributed by atoms with Crippen LogP contribution in [0.3, 0.4) is 0 Å². The summed E-state index contributed by atoms with van der Waals surface area (Å²) in [6.45, 7) is 6.29.